The minimum absolute atomic E-state index is 0.0548. The van der Waals surface area contributed by atoms with Gasteiger partial charge in [-0.3, -0.25) is 4.68 Å². The fraction of sp³-hybridized carbons (Fsp3) is 0.467. The number of likely N-dealkylation sites (tertiary alicyclic amines) is 1. The summed E-state index contributed by atoms with van der Waals surface area (Å²) in [5.41, 5.74) is 5.08. The van der Waals surface area contributed by atoms with Gasteiger partial charge in [-0.1, -0.05) is 61.4 Å². The first-order chi connectivity index (χ1) is 18.1. The Morgan fingerprint density at radius 1 is 1.03 bits per heavy atom. The molecule has 1 unspecified atom stereocenters. The fourth-order valence-corrected chi connectivity index (χ4v) is 6.87. The lowest BCUT2D eigenvalue weighted by molar-refractivity contribution is -0.0528. The zero-order chi connectivity index (χ0) is 25.0. The molecule has 1 N–H and O–H groups in total. The van der Waals surface area contributed by atoms with Crippen molar-refractivity contribution in [3.8, 4) is 16.9 Å². The maximum Gasteiger partial charge on any atom is 0.409 e. The summed E-state index contributed by atoms with van der Waals surface area (Å²) in [6.45, 7) is 1.43. The molecule has 3 aromatic rings. The van der Waals surface area contributed by atoms with Crippen LogP contribution >= 0.6 is 0 Å². The Kier molecular flexibility index (Phi) is 5.50. The average Bonchev–Trinajstić information content (AvgIpc) is 3.66. The SMILES string of the molecule is O=C(OCC1c2ccccc2-c2ccccc21)N1CCC2(CC1)CC(O)c1nn(C3CCCC3)cc1O2. The van der Waals surface area contributed by atoms with E-state index < -0.39 is 11.7 Å². The van der Waals surface area contributed by atoms with Gasteiger partial charge in [0.25, 0.3) is 0 Å². The van der Waals surface area contributed by atoms with Crippen molar-refractivity contribution in [3.05, 3.63) is 71.5 Å². The quantitative estimate of drug-likeness (QED) is 0.508. The van der Waals surface area contributed by atoms with E-state index in [4.69, 9.17) is 9.47 Å². The van der Waals surface area contributed by atoms with Crippen molar-refractivity contribution in [2.45, 2.75) is 68.6 Å². The zero-order valence-electron chi connectivity index (χ0n) is 21.0. The van der Waals surface area contributed by atoms with Crippen LogP contribution in [0.4, 0.5) is 4.79 Å². The van der Waals surface area contributed by atoms with Gasteiger partial charge in [0.05, 0.1) is 12.2 Å². The van der Waals surface area contributed by atoms with E-state index in [9.17, 15) is 9.90 Å². The summed E-state index contributed by atoms with van der Waals surface area (Å²) in [5.74, 6) is 0.763. The molecule has 1 spiro atoms. The Bertz CT molecular complexity index is 1270. The van der Waals surface area contributed by atoms with Gasteiger partial charge >= 0.3 is 6.09 Å². The standard InChI is InChI=1S/C30H33N3O4/c34-26-17-30(37-27-18-33(31-28(26)27)20-7-1-2-8-20)13-15-32(16-14-30)29(35)36-19-25-23-11-5-3-9-21(23)22-10-4-6-12-24(22)25/h3-6,9-12,18,20,25-26,34H,1-2,7-8,13-17,19H2. The van der Waals surface area contributed by atoms with E-state index in [2.05, 4.69) is 41.5 Å². The molecule has 2 fully saturated rings. The predicted octanol–water partition coefficient (Wildman–Crippen LogP) is 5.60. The zero-order valence-corrected chi connectivity index (χ0v) is 21.0. The van der Waals surface area contributed by atoms with Crippen LogP contribution in [0.5, 0.6) is 5.75 Å². The van der Waals surface area contributed by atoms with Crippen molar-refractivity contribution < 1.29 is 19.4 Å². The number of benzene rings is 2. The van der Waals surface area contributed by atoms with E-state index in [1.165, 1.54) is 35.1 Å². The Balaban J connectivity index is 0.996. The molecule has 192 valence electrons. The number of hydrogen-bond acceptors (Lipinski definition) is 5. The minimum atomic E-state index is -0.632. The van der Waals surface area contributed by atoms with Gasteiger partial charge < -0.3 is 19.5 Å². The lowest BCUT2D eigenvalue weighted by Crippen LogP contribution is -2.51. The number of piperidine rings is 1. The summed E-state index contributed by atoms with van der Waals surface area (Å²) in [6.07, 6.45) is 7.66. The van der Waals surface area contributed by atoms with Gasteiger partial charge in [-0.05, 0) is 35.1 Å². The molecule has 1 aromatic heterocycles. The molecule has 7 heteroatoms. The highest BCUT2D eigenvalue weighted by Crippen LogP contribution is 2.46. The van der Waals surface area contributed by atoms with Gasteiger partial charge in [0.1, 0.15) is 24.0 Å². The molecular formula is C30H33N3O4. The highest BCUT2D eigenvalue weighted by molar-refractivity contribution is 5.79. The van der Waals surface area contributed by atoms with Crippen LogP contribution < -0.4 is 4.74 Å². The number of ether oxygens (including phenoxy) is 2. The summed E-state index contributed by atoms with van der Waals surface area (Å²) >= 11 is 0. The van der Waals surface area contributed by atoms with E-state index in [0.29, 0.717) is 56.4 Å². The lowest BCUT2D eigenvalue weighted by Gasteiger charge is -2.44. The van der Waals surface area contributed by atoms with Crippen molar-refractivity contribution in [3.63, 3.8) is 0 Å². The van der Waals surface area contributed by atoms with Crippen LogP contribution in [0.25, 0.3) is 11.1 Å². The van der Waals surface area contributed by atoms with Crippen LogP contribution in [0.15, 0.2) is 54.7 Å². The molecule has 7 nitrogen and oxygen atoms in total. The predicted molar refractivity (Wildman–Crippen MR) is 139 cm³/mol. The Morgan fingerprint density at radius 3 is 2.35 bits per heavy atom. The maximum atomic E-state index is 13.1. The third kappa shape index (κ3) is 3.91. The molecule has 0 bridgehead atoms. The smallest absolute Gasteiger partial charge is 0.409 e. The molecule has 3 heterocycles. The number of amides is 1. The summed E-state index contributed by atoms with van der Waals surface area (Å²) in [6, 6.07) is 17.2. The summed E-state index contributed by atoms with van der Waals surface area (Å²) < 4.78 is 14.4. The normalized spacial score (nSPS) is 22.4. The second-order valence-electron chi connectivity index (χ2n) is 11.1. The number of hydrogen-bond donors (Lipinski definition) is 1. The van der Waals surface area contributed by atoms with Crippen LogP contribution in [0.1, 0.15) is 79.8 Å². The molecule has 4 aliphatic rings. The molecule has 1 saturated heterocycles. The van der Waals surface area contributed by atoms with Crippen molar-refractivity contribution in [2.24, 2.45) is 0 Å². The number of fused-ring (bicyclic) bond motifs is 4. The van der Waals surface area contributed by atoms with Crippen molar-refractivity contribution >= 4 is 6.09 Å². The fourth-order valence-electron chi connectivity index (χ4n) is 6.87. The van der Waals surface area contributed by atoms with Gasteiger partial charge in [-0.2, -0.15) is 5.10 Å². The van der Waals surface area contributed by atoms with E-state index in [0.717, 1.165) is 12.8 Å². The molecular weight excluding hydrogens is 466 g/mol. The molecule has 7 rings (SSSR count). The number of aliphatic hydroxyl groups is 1. The van der Waals surface area contributed by atoms with E-state index in [-0.39, 0.29) is 12.0 Å². The third-order valence-electron chi connectivity index (χ3n) is 8.90. The molecule has 2 aliphatic carbocycles. The minimum Gasteiger partial charge on any atom is -0.483 e. The first-order valence-corrected chi connectivity index (χ1v) is 13.7. The molecule has 2 aliphatic heterocycles. The number of rotatable bonds is 3. The Hall–Kier alpha value is -3.32. The highest BCUT2D eigenvalue weighted by atomic mass is 16.6. The summed E-state index contributed by atoms with van der Waals surface area (Å²) in [7, 11) is 0. The van der Waals surface area contributed by atoms with E-state index in [1.54, 1.807) is 4.90 Å². The van der Waals surface area contributed by atoms with Crippen LogP contribution in [0.2, 0.25) is 0 Å². The third-order valence-corrected chi connectivity index (χ3v) is 8.90. The second-order valence-corrected chi connectivity index (χ2v) is 11.1. The first kappa shape index (κ1) is 22.8. The molecule has 1 amide bonds. The number of aromatic nitrogens is 2. The Morgan fingerprint density at radius 2 is 1.68 bits per heavy atom. The number of nitrogens with zero attached hydrogens (tertiary/aromatic N) is 3. The van der Waals surface area contributed by atoms with Crippen LogP contribution in [0.3, 0.4) is 0 Å². The van der Waals surface area contributed by atoms with Gasteiger partial charge in [0, 0.05) is 38.3 Å². The number of carbonyl (C=O) groups excluding carboxylic acids is 1. The van der Waals surface area contributed by atoms with E-state index >= 15 is 0 Å². The molecule has 37 heavy (non-hydrogen) atoms. The lowest BCUT2D eigenvalue weighted by atomic mass is 9.83. The monoisotopic (exact) mass is 499 g/mol. The summed E-state index contributed by atoms with van der Waals surface area (Å²) in [4.78, 5) is 14.8. The van der Waals surface area contributed by atoms with Gasteiger partial charge in [0.2, 0.25) is 0 Å². The van der Waals surface area contributed by atoms with Crippen molar-refractivity contribution in [2.75, 3.05) is 19.7 Å². The largest absolute Gasteiger partial charge is 0.483 e. The van der Waals surface area contributed by atoms with Gasteiger partial charge in [0.15, 0.2) is 5.75 Å². The molecule has 1 atom stereocenters. The van der Waals surface area contributed by atoms with Crippen LogP contribution in [0, 0.1) is 0 Å². The molecule has 2 aromatic carbocycles. The van der Waals surface area contributed by atoms with Crippen molar-refractivity contribution in [1.82, 2.24) is 14.7 Å². The summed E-state index contributed by atoms with van der Waals surface area (Å²) in [5, 5.41) is 15.6. The van der Waals surface area contributed by atoms with Crippen LogP contribution in [-0.4, -0.2) is 51.2 Å². The first-order valence-electron chi connectivity index (χ1n) is 13.7. The van der Waals surface area contributed by atoms with Gasteiger partial charge in [-0.15, -0.1) is 0 Å². The molecule has 0 radical (unpaired) electrons. The van der Waals surface area contributed by atoms with Crippen LogP contribution in [-0.2, 0) is 4.74 Å². The number of aliphatic hydroxyl groups excluding tert-OH is 1. The average molecular weight is 500 g/mol. The van der Waals surface area contributed by atoms with Crippen molar-refractivity contribution in [1.29, 1.82) is 0 Å². The maximum absolute atomic E-state index is 13.1. The van der Waals surface area contributed by atoms with E-state index in [1.807, 2.05) is 23.0 Å². The van der Waals surface area contributed by atoms with Gasteiger partial charge in [-0.25, -0.2) is 4.79 Å². The highest BCUT2D eigenvalue weighted by Gasteiger charge is 2.45. The second kappa shape index (κ2) is 8.91. The molecule has 1 saturated carbocycles. The topological polar surface area (TPSA) is 76.8 Å². The number of carbonyl (C=O) groups is 1. The Labute approximate surface area is 217 Å².